The van der Waals surface area contributed by atoms with E-state index in [9.17, 15) is 0 Å². The maximum absolute atomic E-state index is 3.64. The molecule has 1 aliphatic carbocycles. The number of hydrogen-bond donors (Lipinski definition) is 0. The van der Waals surface area contributed by atoms with Crippen molar-refractivity contribution in [3.63, 3.8) is 0 Å². The summed E-state index contributed by atoms with van der Waals surface area (Å²) in [5.41, 5.74) is 10.4. The van der Waals surface area contributed by atoms with E-state index in [2.05, 4.69) is 131 Å². The second-order valence-corrected chi connectivity index (χ2v) is 9.75. The number of nitrogens with zero attached hydrogens (tertiary/aromatic N) is 1. The molecule has 2 heteroatoms. The molecule has 4 aromatic carbocycles. The summed E-state index contributed by atoms with van der Waals surface area (Å²) in [5.74, 6) is 0. The molecule has 1 aromatic heterocycles. The Bertz CT molecular complexity index is 1460. The standard InChI is InChI=1S/C29H22BrN/c1-29(2)25-11-7-6-10-23(25)24-14-13-22(18-26(24)29)31-27-15-12-21(30)16-20(27)17-28(31)19-8-4-3-5-9-19/h3-18H,1-2H3. The summed E-state index contributed by atoms with van der Waals surface area (Å²) < 4.78 is 3.50. The molecule has 150 valence electrons. The van der Waals surface area contributed by atoms with Gasteiger partial charge in [-0.1, -0.05) is 90.4 Å². The highest BCUT2D eigenvalue weighted by Crippen LogP contribution is 2.49. The summed E-state index contributed by atoms with van der Waals surface area (Å²) in [7, 11) is 0. The molecule has 5 aromatic rings. The van der Waals surface area contributed by atoms with E-state index in [0.29, 0.717) is 0 Å². The highest BCUT2D eigenvalue weighted by Gasteiger charge is 2.35. The Kier molecular flexibility index (Phi) is 4.03. The lowest BCUT2D eigenvalue weighted by molar-refractivity contribution is 0.660. The fourth-order valence-corrected chi connectivity index (χ4v) is 5.50. The number of fused-ring (bicyclic) bond motifs is 4. The molecule has 0 unspecified atom stereocenters. The van der Waals surface area contributed by atoms with Crippen molar-refractivity contribution in [3.05, 3.63) is 113 Å². The molecule has 0 amide bonds. The minimum atomic E-state index is -0.0131. The lowest BCUT2D eigenvalue weighted by Gasteiger charge is -2.22. The van der Waals surface area contributed by atoms with Crippen molar-refractivity contribution in [1.29, 1.82) is 0 Å². The number of hydrogen-bond acceptors (Lipinski definition) is 0. The summed E-state index contributed by atoms with van der Waals surface area (Å²) >= 11 is 3.64. The maximum atomic E-state index is 3.64. The van der Waals surface area contributed by atoms with Gasteiger partial charge in [0, 0.05) is 21.0 Å². The summed E-state index contributed by atoms with van der Waals surface area (Å²) in [6.45, 7) is 4.68. The number of rotatable bonds is 2. The van der Waals surface area contributed by atoms with Crippen LogP contribution in [0, 0.1) is 0 Å². The van der Waals surface area contributed by atoms with E-state index >= 15 is 0 Å². The first-order valence-corrected chi connectivity index (χ1v) is 11.4. The minimum absolute atomic E-state index is 0.0131. The van der Waals surface area contributed by atoms with E-state index in [4.69, 9.17) is 0 Å². The van der Waals surface area contributed by atoms with Crippen molar-refractivity contribution in [2.24, 2.45) is 0 Å². The normalized spacial score (nSPS) is 13.9. The van der Waals surface area contributed by atoms with Gasteiger partial charge in [-0.15, -0.1) is 0 Å². The van der Waals surface area contributed by atoms with Crippen LogP contribution in [0.4, 0.5) is 0 Å². The Hall–Kier alpha value is -3.10. The summed E-state index contributed by atoms with van der Waals surface area (Å²) in [4.78, 5) is 0. The first-order valence-electron chi connectivity index (χ1n) is 10.7. The summed E-state index contributed by atoms with van der Waals surface area (Å²) in [5, 5.41) is 1.23. The molecule has 6 rings (SSSR count). The van der Waals surface area contributed by atoms with Crippen molar-refractivity contribution in [3.8, 4) is 28.1 Å². The van der Waals surface area contributed by atoms with Gasteiger partial charge in [0.2, 0.25) is 0 Å². The van der Waals surface area contributed by atoms with Gasteiger partial charge in [0.25, 0.3) is 0 Å². The van der Waals surface area contributed by atoms with E-state index in [1.165, 1.54) is 50.1 Å². The van der Waals surface area contributed by atoms with Gasteiger partial charge in [-0.3, -0.25) is 0 Å². The van der Waals surface area contributed by atoms with Gasteiger partial charge in [0.15, 0.2) is 0 Å². The van der Waals surface area contributed by atoms with Gasteiger partial charge < -0.3 is 4.57 Å². The van der Waals surface area contributed by atoms with Crippen molar-refractivity contribution >= 4 is 26.8 Å². The van der Waals surface area contributed by atoms with Gasteiger partial charge in [0.1, 0.15) is 0 Å². The smallest absolute Gasteiger partial charge is 0.0540 e. The fraction of sp³-hybridized carbons (Fsp3) is 0.103. The maximum Gasteiger partial charge on any atom is 0.0540 e. The Morgan fingerprint density at radius 1 is 0.677 bits per heavy atom. The molecule has 1 nitrogen and oxygen atoms in total. The van der Waals surface area contributed by atoms with Crippen molar-refractivity contribution < 1.29 is 0 Å². The van der Waals surface area contributed by atoms with Crippen LogP contribution in [0.5, 0.6) is 0 Å². The Morgan fingerprint density at radius 2 is 1.42 bits per heavy atom. The average Bonchev–Trinajstić information content (AvgIpc) is 3.27. The van der Waals surface area contributed by atoms with Crippen molar-refractivity contribution in [2.75, 3.05) is 0 Å². The number of benzene rings is 4. The zero-order valence-electron chi connectivity index (χ0n) is 17.6. The predicted molar refractivity (Wildman–Crippen MR) is 134 cm³/mol. The monoisotopic (exact) mass is 463 g/mol. The molecular formula is C29H22BrN. The number of halogens is 1. The van der Waals surface area contributed by atoms with Crippen molar-refractivity contribution in [1.82, 2.24) is 4.57 Å². The van der Waals surface area contributed by atoms with Gasteiger partial charge in [-0.25, -0.2) is 0 Å². The fourth-order valence-electron chi connectivity index (χ4n) is 5.12. The first kappa shape index (κ1) is 18.7. The average molecular weight is 464 g/mol. The lowest BCUT2D eigenvalue weighted by Crippen LogP contribution is -2.15. The topological polar surface area (TPSA) is 4.93 Å². The van der Waals surface area contributed by atoms with Crippen LogP contribution in [0.15, 0.2) is 102 Å². The molecule has 1 heterocycles. The summed E-state index contributed by atoms with van der Waals surface area (Å²) in [6.07, 6.45) is 0. The quantitative estimate of drug-likeness (QED) is 0.247. The van der Waals surface area contributed by atoms with Crippen molar-refractivity contribution in [2.45, 2.75) is 19.3 Å². The molecule has 1 aliphatic rings. The van der Waals surface area contributed by atoms with E-state index in [-0.39, 0.29) is 5.41 Å². The third-order valence-electron chi connectivity index (χ3n) is 6.66. The van der Waals surface area contributed by atoms with Crippen LogP contribution in [0.3, 0.4) is 0 Å². The van der Waals surface area contributed by atoms with Crippen LogP contribution >= 0.6 is 15.9 Å². The van der Waals surface area contributed by atoms with E-state index in [1.807, 2.05) is 0 Å². The Labute approximate surface area is 191 Å². The predicted octanol–water partition coefficient (Wildman–Crippen LogP) is 8.37. The minimum Gasteiger partial charge on any atom is -0.309 e. The lowest BCUT2D eigenvalue weighted by atomic mass is 9.82. The number of aromatic nitrogens is 1. The first-order chi connectivity index (χ1) is 15.0. The molecule has 0 aliphatic heterocycles. The van der Waals surface area contributed by atoms with Gasteiger partial charge in [0.05, 0.1) is 11.2 Å². The van der Waals surface area contributed by atoms with E-state index in [0.717, 1.165) is 4.47 Å². The van der Waals surface area contributed by atoms with Crippen LogP contribution in [-0.4, -0.2) is 4.57 Å². The Morgan fingerprint density at radius 3 is 2.26 bits per heavy atom. The van der Waals surface area contributed by atoms with Crippen LogP contribution in [0.1, 0.15) is 25.0 Å². The van der Waals surface area contributed by atoms with Crippen LogP contribution in [0.25, 0.3) is 39.0 Å². The molecule has 0 atom stereocenters. The van der Waals surface area contributed by atoms with Gasteiger partial charge in [-0.2, -0.15) is 0 Å². The molecule has 0 spiro atoms. The molecule has 0 bridgehead atoms. The molecule has 0 fully saturated rings. The van der Waals surface area contributed by atoms with Crippen LogP contribution in [-0.2, 0) is 5.41 Å². The van der Waals surface area contributed by atoms with E-state index in [1.54, 1.807) is 0 Å². The summed E-state index contributed by atoms with van der Waals surface area (Å²) in [6, 6.07) is 35.3. The SMILES string of the molecule is CC1(C)c2ccccc2-c2ccc(-n3c(-c4ccccc4)cc4cc(Br)ccc43)cc21. The molecule has 0 saturated carbocycles. The molecule has 0 N–H and O–H groups in total. The zero-order valence-corrected chi connectivity index (χ0v) is 19.1. The second-order valence-electron chi connectivity index (χ2n) is 8.83. The second kappa shape index (κ2) is 6.70. The highest BCUT2D eigenvalue weighted by atomic mass is 79.9. The largest absolute Gasteiger partial charge is 0.309 e. The van der Waals surface area contributed by atoms with Gasteiger partial charge in [-0.05, 0) is 64.2 Å². The molecule has 0 saturated heterocycles. The highest BCUT2D eigenvalue weighted by molar-refractivity contribution is 9.10. The van der Waals surface area contributed by atoms with E-state index < -0.39 is 0 Å². The molecule has 0 radical (unpaired) electrons. The van der Waals surface area contributed by atoms with Gasteiger partial charge >= 0.3 is 0 Å². The zero-order chi connectivity index (χ0) is 21.2. The third-order valence-corrected chi connectivity index (χ3v) is 7.15. The van der Waals surface area contributed by atoms with Crippen LogP contribution < -0.4 is 0 Å². The third kappa shape index (κ3) is 2.75. The van der Waals surface area contributed by atoms with Crippen LogP contribution in [0.2, 0.25) is 0 Å². The molecule has 31 heavy (non-hydrogen) atoms. The molecular weight excluding hydrogens is 442 g/mol. The Balaban J connectivity index is 1.63.